The molecule has 2 heterocycles. The number of morpholine rings is 1. The lowest BCUT2D eigenvalue weighted by molar-refractivity contribution is 0.0315. The molecule has 6 nitrogen and oxygen atoms in total. The number of aliphatic imine (C=N–C) groups is 1. The van der Waals surface area contributed by atoms with E-state index in [1.54, 1.807) is 0 Å². The smallest absolute Gasteiger partial charge is 0.193 e. The van der Waals surface area contributed by atoms with E-state index in [9.17, 15) is 0 Å². The van der Waals surface area contributed by atoms with Gasteiger partial charge < -0.3 is 19.7 Å². The highest BCUT2D eigenvalue weighted by Crippen LogP contribution is 2.20. The van der Waals surface area contributed by atoms with Crippen LogP contribution in [0.3, 0.4) is 0 Å². The highest BCUT2D eigenvalue weighted by Gasteiger charge is 2.26. The van der Waals surface area contributed by atoms with Gasteiger partial charge in [-0.3, -0.25) is 9.89 Å². The van der Waals surface area contributed by atoms with Crippen LogP contribution in [0.1, 0.15) is 57.8 Å². The lowest BCUT2D eigenvalue weighted by Gasteiger charge is -2.29. The largest absolute Gasteiger partial charge is 0.379 e. The second-order valence-electron chi connectivity index (χ2n) is 8.68. The molecule has 0 aromatic rings. The Balaban J connectivity index is 1.25. The van der Waals surface area contributed by atoms with E-state index in [4.69, 9.17) is 9.47 Å². The minimum absolute atomic E-state index is 0.524. The number of nitrogens with zero attached hydrogens (tertiary/aromatic N) is 3. The third kappa shape index (κ3) is 7.53. The molecule has 1 N–H and O–H groups in total. The van der Waals surface area contributed by atoms with Gasteiger partial charge >= 0.3 is 0 Å². The zero-order valence-corrected chi connectivity index (χ0v) is 18.0. The van der Waals surface area contributed by atoms with Gasteiger partial charge in [0.15, 0.2) is 5.96 Å². The van der Waals surface area contributed by atoms with E-state index >= 15 is 0 Å². The standard InChI is InChI=1S/C22H42N4O2/c1-23-22(24-11-6-7-15-28-21-8-4-2-3-5-9-21)26-12-10-20(19-26)18-25-13-16-27-17-14-25/h20-21H,2-19H2,1H3,(H,23,24). The Morgan fingerprint density at radius 3 is 2.57 bits per heavy atom. The maximum atomic E-state index is 6.10. The van der Waals surface area contributed by atoms with Crippen LogP contribution >= 0.6 is 0 Å². The van der Waals surface area contributed by atoms with Crippen molar-refractivity contribution in [1.82, 2.24) is 15.1 Å². The number of hydrogen-bond donors (Lipinski definition) is 1. The summed E-state index contributed by atoms with van der Waals surface area (Å²) in [4.78, 5) is 9.51. The molecule has 1 unspecified atom stereocenters. The van der Waals surface area contributed by atoms with Gasteiger partial charge in [-0.1, -0.05) is 25.7 Å². The van der Waals surface area contributed by atoms with Crippen molar-refractivity contribution in [1.29, 1.82) is 0 Å². The number of ether oxygens (including phenoxy) is 2. The summed E-state index contributed by atoms with van der Waals surface area (Å²) in [6.07, 6.45) is 12.1. The topological polar surface area (TPSA) is 49.3 Å². The molecule has 1 aliphatic carbocycles. The molecule has 3 rings (SSSR count). The first-order valence-corrected chi connectivity index (χ1v) is 11.7. The van der Waals surface area contributed by atoms with Crippen molar-refractivity contribution in [3.8, 4) is 0 Å². The van der Waals surface area contributed by atoms with Crippen molar-refractivity contribution < 1.29 is 9.47 Å². The molecule has 1 atom stereocenters. The van der Waals surface area contributed by atoms with Crippen molar-refractivity contribution in [2.45, 2.75) is 63.9 Å². The van der Waals surface area contributed by atoms with Gasteiger partial charge in [0.05, 0.1) is 19.3 Å². The monoisotopic (exact) mass is 394 g/mol. The molecule has 162 valence electrons. The summed E-state index contributed by atoms with van der Waals surface area (Å²) < 4.78 is 11.6. The molecule has 0 aromatic heterocycles. The molecule has 0 aromatic carbocycles. The predicted molar refractivity (Wildman–Crippen MR) is 115 cm³/mol. The number of guanidine groups is 1. The predicted octanol–water partition coefficient (Wildman–Crippen LogP) is 2.74. The molecular weight excluding hydrogens is 352 g/mol. The fourth-order valence-corrected chi connectivity index (χ4v) is 4.74. The summed E-state index contributed by atoms with van der Waals surface area (Å²) in [6.45, 7) is 9.32. The van der Waals surface area contributed by atoms with Gasteiger partial charge in [0.1, 0.15) is 0 Å². The van der Waals surface area contributed by atoms with Gasteiger partial charge in [-0.2, -0.15) is 0 Å². The molecule has 2 aliphatic heterocycles. The first-order chi connectivity index (χ1) is 13.8. The van der Waals surface area contributed by atoms with Crippen LogP contribution in [0.4, 0.5) is 0 Å². The summed E-state index contributed by atoms with van der Waals surface area (Å²) in [5.41, 5.74) is 0. The molecule has 0 amide bonds. The number of unbranched alkanes of at least 4 members (excludes halogenated alkanes) is 1. The molecule has 0 bridgehead atoms. The van der Waals surface area contributed by atoms with E-state index in [-0.39, 0.29) is 0 Å². The van der Waals surface area contributed by atoms with Crippen LogP contribution < -0.4 is 5.32 Å². The first-order valence-electron chi connectivity index (χ1n) is 11.7. The summed E-state index contributed by atoms with van der Waals surface area (Å²) in [5.74, 6) is 1.83. The Hall–Kier alpha value is -0.850. The maximum absolute atomic E-state index is 6.10. The van der Waals surface area contributed by atoms with Crippen LogP contribution in [0.2, 0.25) is 0 Å². The van der Waals surface area contributed by atoms with E-state index in [1.165, 1.54) is 51.5 Å². The number of nitrogens with one attached hydrogen (secondary N) is 1. The highest BCUT2D eigenvalue weighted by molar-refractivity contribution is 5.80. The Morgan fingerprint density at radius 1 is 1.04 bits per heavy atom. The Bertz CT molecular complexity index is 446. The Morgan fingerprint density at radius 2 is 1.82 bits per heavy atom. The number of rotatable bonds is 8. The molecule has 1 saturated carbocycles. The second-order valence-corrected chi connectivity index (χ2v) is 8.68. The molecule has 0 spiro atoms. The average Bonchev–Trinajstić information content (AvgIpc) is 3.02. The summed E-state index contributed by atoms with van der Waals surface area (Å²) >= 11 is 0. The second kappa shape index (κ2) is 12.7. The fraction of sp³-hybridized carbons (Fsp3) is 0.955. The van der Waals surface area contributed by atoms with E-state index < -0.39 is 0 Å². The first kappa shape index (κ1) is 21.8. The van der Waals surface area contributed by atoms with Crippen LogP contribution in [0.25, 0.3) is 0 Å². The van der Waals surface area contributed by atoms with Crippen molar-refractivity contribution >= 4 is 5.96 Å². The number of likely N-dealkylation sites (tertiary alicyclic amines) is 1. The molecule has 2 saturated heterocycles. The normalized spacial score (nSPS) is 25.8. The SMILES string of the molecule is CN=C(NCCCCOC1CCCCCC1)N1CCC(CN2CCOCC2)C1. The molecule has 3 aliphatic rings. The van der Waals surface area contributed by atoms with Crippen molar-refractivity contribution in [3.63, 3.8) is 0 Å². The van der Waals surface area contributed by atoms with Gasteiger partial charge in [0, 0.05) is 52.9 Å². The molecule has 28 heavy (non-hydrogen) atoms. The number of hydrogen-bond acceptors (Lipinski definition) is 4. The zero-order chi connectivity index (χ0) is 19.4. The van der Waals surface area contributed by atoms with Gasteiger partial charge in [-0.25, -0.2) is 0 Å². The van der Waals surface area contributed by atoms with Crippen LogP contribution in [0, 0.1) is 5.92 Å². The molecule has 0 radical (unpaired) electrons. The Kier molecular flexibility index (Phi) is 9.88. The van der Waals surface area contributed by atoms with E-state index in [2.05, 4.69) is 20.1 Å². The van der Waals surface area contributed by atoms with Crippen molar-refractivity contribution in [3.05, 3.63) is 0 Å². The van der Waals surface area contributed by atoms with E-state index in [0.29, 0.717) is 6.10 Å². The van der Waals surface area contributed by atoms with Gasteiger partial charge in [0.25, 0.3) is 0 Å². The van der Waals surface area contributed by atoms with Crippen molar-refractivity contribution in [2.24, 2.45) is 10.9 Å². The van der Waals surface area contributed by atoms with Crippen LogP contribution in [0.15, 0.2) is 4.99 Å². The highest BCUT2D eigenvalue weighted by atomic mass is 16.5. The maximum Gasteiger partial charge on any atom is 0.193 e. The summed E-state index contributed by atoms with van der Waals surface area (Å²) in [6, 6.07) is 0. The zero-order valence-electron chi connectivity index (χ0n) is 18.0. The lowest BCUT2D eigenvalue weighted by atomic mass is 10.1. The third-order valence-electron chi connectivity index (χ3n) is 6.43. The van der Waals surface area contributed by atoms with E-state index in [0.717, 1.165) is 77.3 Å². The van der Waals surface area contributed by atoms with Crippen molar-refractivity contribution in [2.75, 3.05) is 66.1 Å². The van der Waals surface area contributed by atoms with Crippen LogP contribution in [-0.4, -0.2) is 88.0 Å². The quantitative estimate of drug-likeness (QED) is 0.297. The van der Waals surface area contributed by atoms with Gasteiger partial charge in [-0.15, -0.1) is 0 Å². The van der Waals surface area contributed by atoms with Gasteiger partial charge in [0.2, 0.25) is 0 Å². The fourth-order valence-electron chi connectivity index (χ4n) is 4.74. The van der Waals surface area contributed by atoms with Gasteiger partial charge in [-0.05, 0) is 38.0 Å². The molecule has 6 heteroatoms. The molecule has 3 fully saturated rings. The minimum Gasteiger partial charge on any atom is -0.379 e. The average molecular weight is 395 g/mol. The Labute approximate surface area is 172 Å². The summed E-state index contributed by atoms with van der Waals surface area (Å²) in [5, 5.41) is 3.57. The minimum atomic E-state index is 0.524. The molecular formula is C22H42N4O2. The summed E-state index contributed by atoms with van der Waals surface area (Å²) in [7, 11) is 1.91. The van der Waals surface area contributed by atoms with Crippen LogP contribution in [0.5, 0.6) is 0 Å². The van der Waals surface area contributed by atoms with Crippen LogP contribution in [-0.2, 0) is 9.47 Å². The van der Waals surface area contributed by atoms with E-state index in [1.807, 2.05) is 7.05 Å². The lowest BCUT2D eigenvalue weighted by Crippen LogP contribution is -2.42. The third-order valence-corrected chi connectivity index (χ3v) is 6.43.